The van der Waals surface area contributed by atoms with Gasteiger partial charge in [0, 0.05) is 12.1 Å². The van der Waals surface area contributed by atoms with Gasteiger partial charge in [0.1, 0.15) is 5.75 Å². The van der Waals surface area contributed by atoms with Crippen LogP contribution in [0.2, 0.25) is 0 Å². The lowest BCUT2D eigenvalue weighted by atomic mass is 9.97. The molecular formula is C18H30N2O. The number of hydrogen-bond acceptors (Lipinski definition) is 3. The Labute approximate surface area is 129 Å². The van der Waals surface area contributed by atoms with E-state index in [1.807, 2.05) is 0 Å². The van der Waals surface area contributed by atoms with Crippen molar-refractivity contribution in [2.75, 3.05) is 26.2 Å². The van der Waals surface area contributed by atoms with Gasteiger partial charge < -0.3 is 10.5 Å². The minimum absolute atomic E-state index is 0.724. The van der Waals surface area contributed by atoms with E-state index in [0.717, 1.165) is 50.9 Å². The van der Waals surface area contributed by atoms with Gasteiger partial charge >= 0.3 is 0 Å². The maximum atomic E-state index is 5.98. The van der Waals surface area contributed by atoms with Crippen molar-refractivity contribution in [3.8, 4) is 5.75 Å². The Bertz CT molecular complexity index is 400. The SMILES string of the molecule is CCCCCOc1ccccc1CN1CCC(CN)CC1. The molecule has 1 aromatic carbocycles. The van der Waals surface area contributed by atoms with E-state index in [4.69, 9.17) is 10.5 Å². The van der Waals surface area contributed by atoms with Crippen molar-refractivity contribution < 1.29 is 4.74 Å². The predicted molar refractivity (Wildman–Crippen MR) is 88.5 cm³/mol. The largest absolute Gasteiger partial charge is 0.493 e. The van der Waals surface area contributed by atoms with E-state index in [1.54, 1.807) is 0 Å². The molecule has 0 amide bonds. The molecule has 1 aliphatic heterocycles. The highest BCUT2D eigenvalue weighted by Crippen LogP contribution is 2.23. The molecule has 0 atom stereocenters. The van der Waals surface area contributed by atoms with Crippen molar-refractivity contribution in [3.63, 3.8) is 0 Å². The smallest absolute Gasteiger partial charge is 0.123 e. The number of hydrogen-bond donors (Lipinski definition) is 1. The molecule has 0 radical (unpaired) electrons. The Kier molecular flexibility index (Phi) is 7.04. The zero-order chi connectivity index (χ0) is 14.9. The van der Waals surface area contributed by atoms with Crippen LogP contribution in [0.15, 0.2) is 24.3 Å². The number of para-hydroxylation sites is 1. The molecule has 3 nitrogen and oxygen atoms in total. The molecule has 0 unspecified atom stereocenters. The summed E-state index contributed by atoms with van der Waals surface area (Å²) in [5, 5.41) is 0. The van der Waals surface area contributed by atoms with Gasteiger partial charge in [-0.05, 0) is 50.9 Å². The third kappa shape index (κ3) is 5.33. The quantitative estimate of drug-likeness (QED) is 0.746. The van der Waals surface area contributed by atoms with Crippen molar-refractivity contribution in [2.45, 2.75) is 45.6 Å². The number of nitrogens with two attached hydrogens (primary N) is 1. The van der Waals surface area contributed by atoms with Gasteiger partial charge in [-0.3, -0.25) is 4.90 Å². The van der Waals surface area contributed by atoms with E-state index in [0.29, 0.717) is 0 Å². The molecule has 0 aliphatic carbocycles. The molecule has 1 fully saturated rings. The van der Waals surface area contributed by atoms with Crippen LogP contribution in [0, 0.1) is 5.92 Å². The molecule has 1 saturated heterocycles. The summed E-state index contributed by atoms with van der Waals surface area (Å²) in [5.41, 5.74) is 7.09. The molecule has 2 N–H and O–H groups in total. The molecule has 0 spiro atoms. The minimum atomic E-state index is 0.724. The number of likely N-dealkylation sites (tertiary alicyclic amines) is 1. The fourth-order valence-corrected chi connectivity index (χ4v) is 2.93. The van der Waals surface area contributed by atoms with Crippen LogP contribution >= 0.6 is 0 Å². The average molecular weight is 290 g/mol. The molecule has 3 heteroatoms. The predicted octanol–water partition coefficient (Wildman–Crippen LogP) is 3.43. The van der Waals surface area contributed by atoms with Crippen LogP contribution in [0.4, 0.5) is 0 Å². The summed E-state index contributed by atoms with van der Waals surface area (Å²) in [6, 6.07) is 8.48. The third-order valence-electron chi connectivity index (χ3n) is 4.41. The van der Waals surface area contributed by atoms with Crippen molar-refractivity contribution in [2.24, 2.45) is 11.7 Å². The van der Waals surface area contributed by atoms with Gasteiger partial charge in [-0.2, -0.15) is 0 Å². The molecule has 1 heterocycles. The number of ether oxygens (including phenoxy) is 1. The lowest BCUT2D eigenvalue weighted by molar-refractivity contribution is 0.177. The van der Waals surface area contributed by atoms with E-state index < -0.39 is 0 Å². The first-order valence-electron chi connectivity index (χ1n) is 8.46. The van der Waals surface area contributed by atoms with Crippen LogP contribution in [-0.4, -0.2) is 31.1 Å². The van der Waals surface area contributed by atoms with Crippen molar-refractivity contribution in [3.05, 3.63) is 29.8 Å². The second-order valence-corrected chi connectivity index (χ2v) is 6.12. The van der Waals surface area contributed by atoms with Gasteiger partial charge in [-0.1, -0.05) is 38.0 Å². The summed E-state index contributed by atoms with van der Waals surface area (Å²) >= 11 is 0. The van der Waals surface area contributed by atoms with E-state index >= 15 is 0 Å². The van der Waals surface area contributed by atoms with Crippen molar-refractivity contribution >= 4 is 0 Å². The zero-order valence-electron chi connectivity index (χ0n) is 13.4. The second-order valence-electron chi connectivity index (χ2n) is 6.12. The summed E-state index contributed by atoms with van der Waals surface area (Å²) < 4.78 is 5.98. The number of nitrogens with zero attached hydrogens (tertiary/aromatic N) is 1. The number of rotatable bonds is 8. The van der Waals surface area contributed by atoms with Crippen LogP contribution in [0.5, 0.6) is 5.75 Å². The Morgan fingerprint density at radius 3 is 2.67 bits per heavy atom. The summed E-state index contributed by atoms with van der Waals surface area (Å²) in [6.45, 7) is 7.21. The highest BCUT2D eigenvalue weighted by atomic mass is 16.5. The molecule has 1 aromatic rings. The lowest BCUT2D eigenvalue weighted by Gasteiger charge is -2.31. The molecule has 1 aliphatic rings. The molecular weight excluding hydrogens is 260 g/mol. The number of benzene rings is 1. The van der Waals surface area contributed by atoms with Crippen LogP contribution < -0.4 is 10.5 Å². The van der Waals surface area contributed by atoms with Crippen LogP contribution in [0.1, 0.15) is 44.6 Å². The lowest BCUT2D eigenvalue weighted by Crippen LogP contribution is -2.35. The standard InChI is InChI=1S/C18H30N2O/c1-2-3-6-13-21-18-8-5-4-7-17(18)15-20-11-9-16(14-19)10-12-20/h4-5,7-8,16H,2-3,6,9-15,19H2,1H3. The van der Waals surface area contributed by atoms with Gasteiger partial charge in [0.15, 0.2) is 0 Å². The molecule has 0 saturated carbocycles. The summed E-state index contributed by atoms with van der Waals surface area (Å²) in [7, 11) is 0. The maximum Gasteiger partial charge on any atom is 0.123 e. The van der Waals surface area contributed by atoms with Gasteiger partial charge in [0.2, 0.25) is 0 Å². The average Bonchev–Trinajstić information content (AvgIpc) is 2.54. The van der Waals surface area contributed by atoms with E-state index in [2.05, 4.69) is 36.1 Å². The Morgan fingerprint density at radius 1 is 1.19 bits per heavy atom. The van der Waals surface area contributed by atoms with Crippen molar-refractivity contribution in [1.29, 1.82) is 0 Å². The topological polar surface area (TPSA) is 38.5 Å². The third-order valence-corrected chi connectivity index (χ3v) is 4.41. The fourth-order valence-electron chi connectivity index (χ4n) is 2.93. The number of unbranched alkanes of at least 4 members (excludes halogenated alkanes) is 2. The van der Waals surface area contributed by atoms with Crippen LogP contribution in [0.3, 0.4) is 0 Å². The molecule has 21 heavy (non-hydrogen) atoms. The Hall–Kier alpha value is -1.06. The van der Waals surface area contributed by atoms with Gasteiger partial charge in [-0.15, -0.1) is 0 Å². The first kappa shape index (κ1) is 16.3. The van der Waals surface area contributed by atoms with E-state index in [-0.39, 0.29) is 0 Å². The first-order chi connectivity index (χ1) is 10.3. The molecule has 0 bridgehead atoms. The number of piperidine rings is 1. The van der Waals surface area contributed by atoms with Crippen LogP contribution in [0.25, 0.3) is 0 Å². The first-order valence-corrected chi connectivity index (χ1v) is 8.46. The summed E-state index contributed by atoms with van der Waals surface area (Å²) in [6.07, 6.45) is 6.09. The van der Waals surface area contributed by atoms with E-state index in [9.17, 15) is 0 Å². The van der Waals surface area contributed by atoms with Gasteiger partial charge in [-0.25, -0.2) is 0 Å². The Morgan fingerprint density at radius 2 is 1.95 bits per heavy atom. The van der Waals surface area contributed by atoms with Crippen molar-refractivity contribution in [1.82, 2.24) is 4.90 Å². The minimum Gasteiger partial charge on any atom is -0.493 e. The van der Waals surface area contributed by atoms with Gasteiger partial charge in [0.05, 0.1) is 6.61 Å². The fraction of sp³-hybridized carbons (Fsp3) is 0.667. The van der Waals surface area contributed by atoms with Crippen LogP contribution in [-0.2, 0) is 6.54 Å². The second kappa shape index (κ2) is 9.06. The summed E-state index contributed by atoms with van der Waals surface area (Å²) in [5.74, 6) is 1.79. The van der Waals surface area contributed by atoms with E-state index in [1.165, 1.54) is 31.2 Å². The highest BCUT2D eigenvalue weighted by molar-refractivity contribution is 5.33. The monoisotopic (exact) mass is 290 g/mol. The molecule has 0 aromatic heterocycles. The van der Waals surface area contributed by atoms with Gasteiger partial charge in [0.25, 0.3) is 0 Å². The molecule has 118 valence electrons. The molecule has 2 rings (SSSR count). The Balaban J connectivity index is 1.85. The maximum absolute atomic E-state index is 5.98. The summed E-state index contributed by atoms with van der Waals surface area (Å²) in [4.78, 5) is 2.53. The highest BCUT2D eigenvalue weighted by Gasteiger charge is 2.18. The normalized spacial score (nSPS) is 17.0. The zero-order valence-corrected chi connectivity index (χ0v) is 13.4.